The number of likely N-dealkylation sites (tertiary alicyclic amines) is 1. The van der Waals surface area contributed by atoms with Crippen LogP contribution in [0.3, 0.4) is 0 Å². The second kappa shape index (κ2) is 6.41. The Morgan fingerprint density at radius 3 is 2.86 bits per heavy atom. The zero-order valence-corrected chi connectivity index (χ0v) is 12.6. The van der Waals surface area contributed by atoms with Crippen LogP contribution in [0, 0.1) is 17.6 Å². The second-order valence-electron chi connectivity index (χ2n) is 6.38. The van der Waals surface area contributed by atoms with E-state index in [1.807, 2.05) is 7.05 Å². The highest BCUT2D eigenvalue weighted by atomic mass is 19.2. The van der Waals surface area contributed by atoms with E-state index in [1.54, 1.807) is 12.1 Å². The maximum Gasteiger partial charge on any atom is 0.163 e. The molecule has 1 aromatic rings. The van der Waals surface area contributed by atoms with Crippen molar-refractivity contribution in [1.29, 1.82) is 0 Å². The molecule has 0 radical (unpaired) electrons. The summed E-state index contributed by atoms with van der Waals surface area (Å²) in [6.45, 7) is 1.85. The highest BCUT2D eigenvalue weighted by Crippen LogP contribution is 2.37. The van der Waals surface area contributed by atoms with Gasteiger partial charge in [-0.3, -0.25) is 4.90 Å². The number of hydrogen-bond acceptors (Lipinski definition) is 2. The quantitative estimate of drug-likeness (QED) is 0.914. The van der Waals surface area contributed by atoms with Crippen LogP contribution in [0.4, 0.5) is 8.78 Å². The van der Waals surface area contributed by atoms with Gasteiger partial charge >= 0.3 is 0 Å². The Labute approximate surface area is 125 Å². The summed E-state index contributed by atoms with van der Waals surface area (Å²) in [7, 11) is 1.82. The van der Waals surface area contributed by atoms with Gasteiger partial charge < -0.3 is 5.32 Å². The lowest BCUT2D eigenvalue weighted by molar-refractivity contribution is 0.168. The van der Waals surface area contributed by atoms with Gasteiger partial charge in [0.1, 0.15) is 0 Å². The molecule has 0 aromatic heterocycles. The van der Waals surface area contributed by atoms with Crippen LogP contribution in [0.2, 0.25) is 0 Å². The lowest BCUT2D eigenvalue weighted by atomic mass is 9.85. The third-order valence-corrected chi connectivity index (χ3v) is 5.25. The summed E-state index contributed by atoms with van der Waals surface area (Å²) in [6, 6.07) is 4.95. The molecule has 0 spiro atoms. The van der Waals surface area contributed by atoms with Gasteiger partial charge in [-0.25, -0.2) is 8.78 Å². The van der Waals surface area contributed by atoms with Crippen molar-refractivity contribution in [2.45, 2.75) is 44.2 Å². The molecule has 4 heteroatoms. The van der Waals surface area contributed by atoms with Gasteiger partial charge in [0.25, 0.3) is 0 Å². The zero-order valence-electron chi connectivity index (χ0n) is 12.6. The third kappa shape index (κ3) is 2.97. The highest BCUT2D eigenvalue weighted by Gasteiger charge is 2.36. The van der Waals surface area contributed by atoms with E-state index < -0.39 is 11.6 Å². The van der Waals surface area contributed by atoms with Crippen LogP contribution in [0.1, 0.15) is 43.7 Å². The lowest BCUT2D eigenvalue weighted by Crippen LogP contribution is -2.40. The summed E-state index contributed by atoms with van der Waals surface area (Å²) < 4.78 is 27.5. The fourth-order valence-corrected chi connectivity index (χ4v) is 4.10. The molecular formula is C17H24F2N2. The summed E-state index contributed by atoms with van der Waals surface area (Å²) in [4.78, 5) is 2.48. The Hall–Kier alpha value is -1.00. The van der Waals surface area contributed by atoms with Crippen LogP contribution in [0.15, 0.2) is 18.2 Å². The van der Waals surface area contributed by atoms with Crippen LogP contribution in [-0.4, -0.2) is 31.1 Å². The van der Waals surface area contributed by atoms with Crippen molar-refractivity contribution in [1.82, 2.24) is 10.2 Å². The summed E-state index contributed by atoms with van der Waals surface area (Å²) in [5, 5.41) is 3.16. The van der Waals surface area contributed by atoms with E-state index in [4.69, 9.17) is 0 Å². The number of rotatable bonds is 4. The van der Waals surface area contributed by atoms with Gasteiger partial charge in [0.2, 0.25) is 0 Å². The number of benzene rings is 1. The molecule has 1 aliphatic carbocycles. The molecular weight excluding hydrogens is 270 g/mol. The molecule has 21 heavy (non-hydrogen) atoms. The summed E-state index contributed by atoms with van der Waals surface area (Å²) in [5.41, 5.74) is 0.441. The summed E-state index contributed by atoms with van der Waals surface area (Å²) >= 11 is 0. The molecule has 1 aromatic carbocycles. The molecule has 2 fully saturated rings. The Bertz CT molecular complexity index is 492. The van der Waals surface area contributed by atoms with Gasteiger partial charge in [-0.1, -0.05) is 25.0 Å². The van der Waals surface area contributed by atoms with Crippen LogP contribution >= 0.6 is 0 Å². The molecule has 2 nitrogen and oxygen atoms in total. The van der Waals surface area contributed by atoms with Crippen molar-refractivity contribution in [2.75, 3.05) is 20.1 Å². The van der Waals surface area contributed by atoms with Crippen molar-refractivity contribution in [3.8, 4) is 0 Å². The standard InChI is InChI=1S/C17H24F2N2/c1-20-15(13-6-4-7-14(18)17(13)19)11-21-10-9-12-5-2-3-8-16(12)21/h4,6-7,12,15-16,20H,2-3,5,8-11H2,1H3. The molecule has 0 amide bonds. The molecule has 1 saturated carbocycles. The Morgan fingerprint density at radius 1 is 1.24 bits per heavy atom. The van der Waals surface area contributed by atoms with E-state index in [1.165, 1.54) is 38.2 Å². The van der Waals surface area contributed by atoms with Crippen LogP contribution < -0.4 is 5.32 Å². The molecule has 3 unspecified atom stereocenters. The van der Waals surface area contributed by atoms with Crippen molar-refractivity contribution in [3.63, 3.8) is 0 Å². The molecule has 116 valence electrons. The largest absolute Gasteiger partial charge is 0.312 e. The SMILES string of the molecule is CNC(CN1CCC2CCCCC21)c1cccc(F)c1F. The fraction of sp³-hybridized carbons (Fsp3) is 0.647. The summed E-state index contributed by atoms with van der Waals surface area (Å²) in [6.07, 6.45) is 6.50. The fourth-order valence-electron chi connectivity index (χ4n) is 4.10. The van der Waals surface area contributed by atoms with Gasteiger partial charge in [-0.15, -0.1) is 0 Å². The molecule has 3 atom stereocenters. The van der Waals surface area contributed by atoms with E-state index >= 15 is 0 Å². The van der Waals surface area contributed by atoms with Crippen molar-refractivity contribution in [3.05, 3.63) is 35.4 Å². The smallest absolute Gasteiger partial charge is 0.163 e. The minimum absolute atomic E-state index is 0.152. The Balaban J connectivity index is 1.74. The second-order valence-corrected chi connectivity index (χ2v) is 6.38. The number of nitrogens with zero attached hydrogens (tertiary/aromatic N) is 1. The van der Waals surface area contributed by atoms with Gasteiger partial charge in [0.05, 0.1) is 0 Å². The highest BCUT2D eigenvalue weighted by molar-refractivity contribution is 5.23. The van der Waals surface area contributed by atoms with Crippen molar-refractivity contribution in [2.24, 2.45) is 5.92 Å². The van der Waals surface area contributed by atoms with Crippen LogP contribution in [-0.2, 0) is 0 Å². The Morgan fingerprint density at radius 2 is 2.05 bits per heavy atom. The average molecular weight is 294 g/mol. The Kier molecular flexibility index (Phi) is 4.55. The van der Waals surface area contributed by atoms with Gasteiger partial charge in [-0.05, 0) is 44.8 Å². The van der Waals surface area contributed by atoms with Gasteiger partial charge in [-0.2, -0.15) is 0 Å². The first-order valence-corrected chi connectivity index (χ1v) is 8.06. The molecule has 2 aliphatic rings. The van der Waals surface area contributed by atoms with E-state index in [-0.39, 0.29) is 6.04 Å². The minimum atomic E-state index is -0.760. The topological polar surface area (TPSA) is 15.3 Å². The van der Waals surface area contributed by atoms with E-state index in [2.05, 4.69) is 10.2 Å². The first-order chi connectivity index (χ1) is 10.2. The van der Waals surface area contributed by atoms with E-state index in [0.29, 0.717) is 11.6 Å². The van der Waals surface area contributed by atoms with E-state index in [9.17, 15) is 8.78 Å². The van der Waals surface area contributed by atoms with Crippen LogP contribution in [0.25, 0.3) is 0 Å². The maximum atomic E-state index is 14.0. The molecule has 0 bridgehead atoms. The minimum Gasteiger partial charge on any atom is -0.312 e. The maximum absolute atomic E-state index is 14.0. The molecule has 3 rings (SSSR count). The predicted molar refractivity (Wildman–Crippen MR) is 80.1 cm³/mol. The van der Waals surface area contributed by atoms with Crippen molar-refractivity contribution < 1.29 is 8.78 Å². The van der Waals surface area contributed by atoms with Crippen LogP contribution in [0.5, 0.6) is 0 Å². The summed E-state index contributed by atoms with van der Waals surface area (Å²) in [5.74, 6) is -0.658. The molecule has 1 heterocycles. The first kappa shape index (κ1) is 14.9. The van der Waals surface area contributed by atoms with Crippen molar-refractivity contribution >= 4 is 0 Å². The zero-order chi connectivity index (χ0) is 14.8. The van der Waals surface area contributed by atoms with Gasteiger partial charge in [0.15, 0.2) is 11.6 Å². The van der Waals surface area contributed by atoms with E-state index in [0.717, 1.165) is 19.0 Å². The normalized spacial score (nSPS) is 27.6. The number of hydrogen-bond donors (Lipinski definition) is 1. The number of likely N-dealkylation sites (N-methyl/N-ethyl adjacent to an activating group) is 1. The monoisotopic (exact) mass is 294 g/mol. The number of nitrogens with one attached hydrogen (secondary N) is 1. The molecule has 1 aliphatic heterocycles. The molecule has 1 N–H and O–H groups in total. The first-order valence-electron chi connectivity index (χ1n) is 8.06. The van der Waals surface area contributed by atoms with Gasteiger partial charge in [0, 0.05) is 24.2 Å². The average Bonchev–Trinajstić information content (AvgIpc) is 2.91. The molecule has 1 saturated heterocycles. The third-order valence-electron chi connectivity index (χ3n) is 5.25. The number of fused-ring (bicyclic) bond motifs is 1. The lowest BCUT2D eigenvalue weighted by Gasteiger charge is -2.34. The predicted octanol–water partition coefficient (Wildman–Crippen LogP) is 3.49. The number of halogens is 2.